The molecule has 0 aliphatic carbocycles. The third kappa shape index (κ3) is 2.59. The van der Waals surface area contributed by atoms with Gasteiger partial charge in [0, 0.05) is 18.8 Å². The van der Waals surface area contributed by atoms with E-state index in [9.17, 15) is 0 Å². The standard InChI is InChI=1S/C12H21N3/c1-9-4-5-11(8-13-9)7-12-6-10(2)14-15(12)3/h6,9,11,13H,4-5,7-8H2,1-3H3. The molecule has 2 heterocycles. The molecule has 2 rings (SSSR count). The molecule has 0 amide bonds. The smallest absolute Gasteiger partial charge is 0.0596 e. The molecule has 3 nitrogen and oxygen atoms in total. The molecule has 0 bridgehead atoms. The molecule has 15 heavy (non-hydrogen) atoms. The maximum atomic E-state index is 4.39. The zero-order valence-electron chi connectivity index (χ0n) is 9.95. The first-order valence-corrected chi connectivity index (χ1v) is 5.88. The summed E-state index contributed by atoms with van der Waals surface area (Å²) in [5.74, 6) is 0.788. The van der Waals surface area contributed by atoms with E-state index >= 15 is 0 Å². The molecule has 2 atom stereocenters. The van der Waals surface area contributed by atoms with E-state index in [0.717, 1.165) is 24.6 Å². The van der Waals surface area contributed by atoms with E-state index in [4.69, 9.17) is 0 Å². The van der Waals surface area contributed by atoms with Crippen LogP contribution in [0.5, 0.6) is 0 Å². The molecule has 1 aliphatic heterocycles. The Bertz CT molecular complexity index is 322. The lowest BCUT2D eigenvalue weighted by atomic mass is 9.91. The summed E-state index contributed by atoms with van der Waals surface area (Å²) in [6, 6.07) is 2.91. The van der Waals surface area contributed by atoms with Crippen molar-refractivity contribution in [2.75, 3.05) is 6.54 Å². The van der Waals surface area contributed by atoms with Crippen LogP contribution >= 0.6 is 0 Å². The molecule has 3 heteroatoms. The van der Waals surface area contributed by atoms with Gasteiger partial charge in [0.1, 0.15) is 0 Å². The van der Waals surface area contributed by atoms with Gasteiger partial charge in [-0.15, -0.1) is 0 Å². The van der Waals surface area contributed by atoms with Gasteiger partial charge in [0.2, 0.25) is 0 Å². The van der Waals surface area contributed by atoms with Gasteiger partial charge in [-0.1, -0.05) is 0 Å². The summed E-state index contributed by atoms with van der Waals surface area (Å²) in [5, 5.41) is 7.94. The van der Waals surface area contributed by atoms with Crippen LogP contribution in [-0.4, -0.2) is 22.4 Å². The molecular weight excluding hydrogens is 186 g/mol. The van der Waals surface area contributed by atoms with Gasteiger partial charge in [-0.25, -0.2) is 0 Å². The van der Waals surface area contributed by atoms with Crippen molar-refractivity contribution in [3.05, 3.63) is 17.5 Å². The molecule has 0 saturated carbocycles. The molecule has 2 unspecified atom stereocenters. The number of hydrogen-bond acceptors (Lipinski definition) is 2. The maximum Gasteiger partial charge on any atom is 0.0596 e. The summed E-state index contributed by atoms with van der Waals surface area (Å²) in [6.45, 7) is 5.49. The Morgan fingerprint density at radius 2 is 2.33 bits per heavy atom. The number of hydrogen-bond donors (Lipinski definition) is 1. The minimum Gasteiger partial charge on any atom is -0.314 e. The lowest BCUT2D eigenvalue weighted by Gasteiger charge is -2.27. The zero-order chi connectivity index (χ0) is 10.8. The summed E-state index contributed by atoms with van der Waals surface area (Å²) >= 11 is 0. The van der Waals surface area contributed by atoms with Crippen molar-refractivity contribution in [3.8, 4) is 0 Å². The fourth-order valence-electron chi connectivity index (χ4n) is 2.38. The average Bonchev–Trinajstić information content (AvgIpc) is 2.49. The highest BCUT2D eigenvalue weighted by atomic mass is 15.3. The maximum absolute atomic E-state index is 4.39. The Labute approximate surface area is 91.9 Å². The second-order valence-corrected chi connectivity index (χ2v) is 4.86. The van der Waals surface area contributed by atoms with Crippen LogP contribution in [0.25, 0.3) is 0 Å². The van der Waals surface area contributed by atoms with Crippen molar-refractivity contribution in [3.63, 3.8) is 0 Å². The first-order valence-electron chi connectivity index (χ1n) is 5.88. The molecule has 0 spiro atoms. The fourth-order valence-corrected chi connectivity index (χ4v) is 2.38. The van der Waals surface area contributed by atoms with E-state index in [0.29, 0.717) is 6.04 Å². The third-order valence-corrected chi connectivity index (χ3v) is 3.36. The summed E-state index contributed by atoms with van der Waals surface area (Å²) in [6.07, 6.45) is 3.82. The Kier molecular flexibility index (Phi) is 3.10. The summed E-state index contributed by atoms with van der Waals surface area (Å²) in [4.78, 5) is 0. The van der Waals surface area contributed by atoms with Crippen LogP contribution in [0.3, 0.4) is 0 Å². The highest BCUT2D eigenvalue weighted by Gasteiger charge is 2.18. The molecule has 1 fully saturated rings. The number of rotatable bonds is 2. The second kappa shape index (κ2) is 4.35. The third-order valence-electron chi connectivity index (χ3n) is 3.36. The highest BCUT2D eigenvalue weighted by molar-refractivity contribution is 5.09. The van der Waals surface area contributed by atoms with E-state index < -0.39 is 0 Å². The molecule has 1 aromatic heterocycles. The van der Waals surface area contributed by atoms with Gasteiger partial charge in [0.15, 0.2) is 0 Å². The molecule has 84 valence electrons. The van der Waals surface area contributed by atoms with E-state index in [1.54, 1.807) is 0 Å². The van der Waals surface area contributed by atoms with Crippen LogP contribution in [0.4, 0.5) is 0 Å². The number of piperidine rings is 1. The van der Waals surface area contributed by atoms with Gasteiger partial charge >= 0.3 is 0 Å². The number of nitrogens with zero attached hydrogens (tertiary/aromatic N) is 2. The number of aryl methyl sites for hydroxylation is 2. The Morgan fingerprint density at radius 1 is 1.53 bits per heavy atom. The second-order valence-electron chi connectivity index (χ2n) is 4.86. The molecule has 0 radical (unpaired) electrons. The summed E-state index contributed by atoms with van der Waals surface area (Å²) in [5.41, 5.74) is 2.50. The van der Waals surface area contributed by atoms with Crippen molar-refractivity contribution in [1.82, 2.24) is 15.1 Å². The van der Waals surface area contributed by atoms with Crippen molar-refractivity contribution in [1.29, 1.82) is 0 Å². The lowest BCUT2D eigenvalue weighted by molar-refractivity contribution is 0.318. The van der Waals surface area contributed by atoms with Crippen LogP contribution in [-0.2, 0) is 13.5 Å². The predicted molar refractivity (Wildman–Crippen MR) is 61.8 cm³/mol. The minimum absolute atomic E-state index is 0.703. The fraction of sp³-hybridized carbons (Fsp3) is 0.750. The van der Waals surface area contributed by atoms with E-state index in [2.05, 4.69) is 30.3 Å². The van der Waals surface area contributed by atoms with Crippen molar-refractivity contribution in [2.45, 2.75) is 39.2 Å². The van der Waals surface area contributed by atoms with Gasteiger partial charge in [-0.05, 0) is 51.6 Å². The van der Waals surface area contributed by atoms with Gasteiger partial charge in [-0.3, -0.25) is 4.68 Å². The van der Waals surface area contributed by atoms with Crippen LogP contribution in [0, 0.1) is 12.8 Å². The van der Waals surface area contributed by atoms with Crippen LogP contribution in [0.2, 0.25) is 0 Å². The molecule has 1 aromatic rings. The lowest BCUT2D eigenvalue weighted by Crippen LogP contribution is -2.37. The SMILES string of the molecule is Cc1cc(CC2CCC(C)NC2)n(C)n1. The highest BCUT2D eigenvalue weighted by Crippen LogP contribution is 2.19. The predicted octanol–water partition coefficient (Wildman–Crippen LogP) is 1.66. The average molecular weight is 207 g/mol. The first-order chi connectivity index (χ1) is 7.15. The van der Waals surface area contributed by atoms with E-state index in [-0.39, 0.29) is 0 Å². The van der Waals surface area contributed by atoms with Crippen LogP contribution < -0.4 is 5.32 Å². The van der Waals surface area contributed by atoms with Gasteiger partial charge < -0.3 is 5.32 Å². The summed E-state index contributed by atoms with van der Waals surface area (Å²) in [7, 11) is 2.04. The zero-order valence-corrected chi connectivity index (χ0v) is 9.95. The number of aromatic nitrogens is 2. The van der Waals surface area contributed by atoms with Crippen molar-refractivity contribution >= 4 is 0 Å². The molecular formula is C12H21N3. The van der Waals surface area contributed by atoms with Crippen molar-refractivity contribution in [2.24, 2.45) is 13.0 Å². The molecule has 1 saturated heterocycles. The van der Waals surface area contributed by atoms with Crippen LogP contribution in [0.1, 0.15) is 31.2 Å². The van der Waals surface area contributed by atoms with E-state index in [1.165, 1.54) is 18.5 Å². The van der Waals surface area contributed by atoms with Gasteiger partial charge in [0.05, 0.1) is 5.69 Å². The molecule has 1 aliphatic rings. The normalized spacial score (nSPS) is 26.9. The molecule has 0 aromatic carbocycles. The Balaban J connectivity index is 1.94. The minimum atomic E-state index is 0.703. The first kappa shape index (κ1) is 10.7. The monoisotopic (exact) mass is 207 g/mol. The van der Waals surface area contributed by atoms with Crippen molar-refractivity contribution < 1.29 is 0 Å². The Hall–Kier alpha value is -0.830. The summed E-state index contributed by atoms with van der Waals surface area (Å²) < 4.78 is 2.02. The number of nitrogens with one attached hydrogen (secondary N) is 1. The Morgan fingerprint density at radius 3 is 2.87 bits per heavy atom. The largest absolute Gasteiger partial charge is 0.314 e. The van der Waals surface area contributed by atoms with Crippen LogP contribution in [0.15, 0.2) is 6.07 Å². The quantitative estimate of drug-likeness (QED) is 0.799. The molecule has 1 N–H and O–H groups in total. The topological polar surface area (TPSA) is 29.9 Å². The van der Waals surface area contributed by atoms with Gasteiger partial charge in [0.25, 0.3) is 0 Å². The van der Waals surface area contributed by atoms with E-state index in [1.807, 2.05) is 11.7 Å². The van der Waals surface area contributed by atoms with Gasteiger partial charge in [-0.2, -0.15) is 5.10 Å².